The highest BCUT2D eigenvalue weighted by atomic mass is 35.5. The number of hydrogen-bond donors (Lipinski definition) is 2. The number of amides is 1. The second-order valence-electron chi connectivity index (χ2n) is 8.99. The Hall–Kier alpha value is -3.45. The molecule has 0 saturated carbocycles. The van der Waals surface area contributed by atoms with Crippen molar-refractivity contribution in [1.82, 2.24) is 24.7 Å². The SMILES string of the molecule is CNS(=O)(=O)c1ccc(C2CCc3nc(NC(=O)c4cnc(C)cc4-c4cc(Cl)ncc4OC)sc3C2)nc1. The third-order valence-corrected chi connectivity index (χ3v) is 9.19. The van der Waals surface area contributed by atoms with Gasteiger partial charge in [-0.2, -0.15) is 0 Å². The molecule has 0 aliphatic heterocycles. The van der Waals surface area contributed by atoms with Crippen LogP contribution in [0.3, 0.4) is 0 Å². The standard InChI is InChI=1S/C26H25ClN6O4S2/c1-14-8-17(18-10-24(27)31-13-22(18)37-3)19(12-29-14)25(34)33-26-32-21-6-4-15(9-23(21)38-26)20-7-5-16(11-30-20)39(35,36)28-2/h5,7-8,10-13,15,28H,4,6,9H2,1-3H3,(H,32,33,34). The van der Waals surface area contributed by atoms with Gasteiger partial charge >= 0.3 is 0 Å². The maximum Gasteiger partial charge on any atom is 0.259 e. The van der Waals surface area contributed by atoms with Crippen LogP contribution in [0.2, 0.25) is 5.15 Å². The molecule has 0 aromatic carbocycles. The normalized spacial score (nSPS) is 15.0. The lowest BCUT2D eigenvalue weighted by Crippen LogP contribution is -2.19. The number of fused-ring (bicyclic) bond motifs is 1. The fraction of sp³-hybridized carbons (Fsp3) is 0.269. The van der Waals surface area contributed by atoms with Gasteiger partial charge in [-0.15, -0.1) is 11.3 Å². The lowest BCUT2D eigenvalue weighted by molar-refractivity contribution is 0.102. The Labute approximate surface area is 234 Å². The highest BCUT2D eigenvalue weighted by molar-refractivity contribution is 7.89. The van der Waals surface area contributed by atoms with E-state index in [0.29, 0.717) is 34.0 Å². The van der Waals surface area contributed by atoms with E-state index >= 15 is 0 Å². The minimum atomic E-state index is -3.54. The lowest BCUT2D eigenvalue weighted by Gasteiger charge is -2.20. The third kappa shape index (κ3) is 5.64. The van der Waals surface area contributed by atoms with Gasteiger partial charge in [-0.25, -0.2) is 23.1 Å². The summed E-state index contributed by atoms with van der Waals surface area (Å²) in [7, 11) is -0.636. The average Bonchev–Trinajstić information content (AvgIpc) is 3.34. The lowest BCUT2D eigenvalue weighted by atomic mass is 9.88. The van der Waals surface area contributed by atoms with Gasteiger partial charge in [0.25, 0.3) is 5.91 Å². The summed E-state index contributed by atoms with van der Waals surface area (Å²) in [5.41, 5.74) is 4.12. The van der Waals surface area contributed by atoms with Gasteiger partial charge < -0.3 is 4.74 Å². The summed E-state index contributed by atoms with van der Waals surface area (Å²) in [6.45, 7) is 1.84. The minimum Gasteiger partial charge on any atom is -0.494 e. The summed E-state index contributed by atoms with van der Waals surface area (Å²) in [5.74, 6) is 0.266. The maximum absolute atomic E-state index is 13.4. The van der Waals surface area contributed by atoms with Crippen molar-refractivity contribution in [2.75, 3.05) is 19.5 Å². The third-order valence-electron chi connectivity index (χ3n) is 6.55. The molecule has 1 aliphatic carbocycles. The first-order valence-electron chi connectivity index (χ1n) is 12.0. The molecular formula is C26H25ClN6O4S2. The molecule has 0 radical (unpaired) electrons. The van der Waals surface area contributed by atoms with Crippen LogP contribution < -0.4 is 14.8 Å². The van der Waals surface area contributed by atoms with E-state index in [4.69, 9.17) is 16.3 Å². The molecule has 202 valence electrons. The Morgan fingerprint density at radius 2 is 1.95 bits per heavy atom. The van der Waals surface area contributed by atoms with Crippen LogP contribution in [-0.2, 0) is 22.9 Å². The molecule has 10 nitrogen and oxygen atoms in total. The van der Waals surface area contributed by atoms with E-state index in [1.165, 1.54) is 44.1 Å². The summed E-state index contributed by atoms with van der Waals surface area (Å²) < 4.78 is 31.8. The van der Waals surface area contributed by atoms with E-state index in [9.17, 15) is 13.2 Å². The zero-order valence-electron chi connectivity index (χ0n) is 21.4. The first-order valence-corrected chi connectivity index (χ1v) is 14.7. The molecule has 4 aromatic rings. The Morgan fingerprint density at radius 3 is 2.67 bits per heavy atom. The van der Waals surface area contributed by atoms with E-state index in [1.54, 1.807) is 24.3 Å². The number of thiazole rings is 1. The van der Waals surface area contributed by atoms with Gasteiger partial charge in [-0.05, 0) is 57.5 Å². The molecule has 1 unspecified atom stereocenters. The predicted octanol–water partition coefficient (Wildman–Crippen LogP) is 4.40. The molecule has 1 amide bonds. The van der Waals surface area contributed by atoms with Crippen molar-refractivity contribution in [3.8, 4) is 16.9 Å². The first kappa shape index (κ1) is 27.1. The van der Waals surface area contributed by atoms with Crippen LogP contribution in [0.25, 0.3) is 11.1 Å². The summed E-state index contributed by atoms with van der Waals surface area (Å²) >= 11 is 7.58. The number of anilines is 1. The van der Waals surface area contributed by atoms with E-state index in [0.717, 1.165) is 34.8 Å². The van der Waals surface area contributed by atoms with Crippen molar-refractivity contribution < 1.29 is 17.9 Å². The van der Waals surface area contributed by atoms with Crippen LogP contribution in [0.5, 0.6) is 5.75 Å². The van der Waals surface area contributed by atoms with Gasteiger partial charge in [0.1, 0.15) is 15.8 Å². The monoisotopic (exact) mass is 584 g/mol. The minimum absolute atomic E-state index is 0.129. The van der Waals surface area contributed by atoms with E-state index in [-0.39, 0.29) is 21.9 Å². The number of nitrogens with one attached hydrogen (secondary N) is 2. The van der Waals surface area contributed by atoms with Crippen molar-refractivity contribution in [2.24, 2.45) is 0 Å². The van der Waals surface area contributed by atoms with Crippen LogP contribution in [0.15, 0.2) is 47.8 Å². The summed E-state index contributed by atoms with van der Waals surface area (Å²) in [6, 6.07) is 6.79. The number of aryl methyl sites for hydroxylation is 2. The molecule has 0 spiro atoms. The van der Waals surface area contributed by atoms with Gasteiger partial charge in [0.15, 0.2) is 5.13 Å². The van der Waals surface area contributed by atoms with Crippen LogP contribution in [-0.4, -0.2) is 48.4 Å². The number of methoxy groups -OCH3 is 1. The second-order valence-corrected chi connectivity index (χ2v) is 12.3. The van der Waals surface area contributed by atoms with Crippen LogP contribution in [0.1, 0.15) is 44.7 Å². The number of ether oxygens (including phenoxy) is 1. The fourth-order valence-corrected chi connectivity index (χ4v) is 6.42. The van der Waals surface area contributed by atoms with E-state index < -0.39 is 10.0 Å². The molecule has 5 rings (SSSR count). The molecule has 0 bridgehead atoms. The number of pyridine rings is 3. The Bertz CT molecular complexity index is 1660. The molecule has 4 aromatic heterocycles. The molecule has 2 N–H and O–H groups in total. The highest BCUT2D eigenvalue weighted by Gasteiger charge is 2.26. The molecule has 1 aliphatic rings. The molecule has 4 heterocycles. The molecule has 0 fully saturated rings. The van der Waals surface area contributed by atoms with Crippen LogP contribution in [0.4, 0.5) is 5.13 Å². The van der Waals surface area contributed by atoms with Crippen LogP contribution in [0, 0.1) is 6.92 Å². The Balaban J connectivity index is 1.36. The Kier molecular flexibility index (Phi) is 7.63. The van der Waals surface area contributed by atoms with Gasteiger partial charge in [-0.3, -0.25) is 20.1 Å². The highest BCUT2D eigenvalue weighted by Crippen LogP contribution is 2.38. The van der Waals surface area contributed by atoms with Crippen molar-refractivity contribution in [1.29, 1.82) is 0 Å². The van der Waals surface area contributed by atoms with Gasteiger partial charge in [0.05, 0.1) is 24.6 Å². The molecule has 1 atom stereocenters. The van der Waals surface area contributed by atoms with Gasteiger partial charge in [0.2, 0.25) is 10.0 Å². The van der Waals surface area contributed by atoms with E-state index in [1.807, 2.05) is 6.92 Å². The number of rotatable bonds is 7. The zero-order chi connectivity index (χ0) is 27.7. The first-order chi connectivity index (χ1) is 18.7. The van der Waals surface area contributed by atoms with Crippen molar-refractivity contribution in [3.63, 3.8) is 0 Å². The summed E-state index contributed by atoms with van der Waals surface area (Å²) in [6.07, 6.45) is 6.69. The summed E-state index contributed by atoms with van der Waals surface area (Å²) in [4.78, 5) is 32.1. The quantitative estimate of drug-likeness (QED) is 0.305. The number of carbonyl (C=O) groups excluding carboxylic acids is 1. The number of hydrogen-bond acceptors (Lipinski definition) is 9. The van der Waals surface area contributed by atoms with Crippen molar-refractivity contribution >= 4 is 44.0 Å². The smallest absolute Gasteiger partial charge is 0.259 e. The molecule has 39 heavy (non-hydrogen) atoms. The number of halogens is 1. The van der Waals surface area contributed by atoms with Crippen LogP contribution >= 0.6 is 22.9 Å². The second kappa shape index (κ2) is 11.0. The number of carbonyl (C=O) groups is 1. The fourth-order valence-electron chi connectivity index (χ4n) is 4.51. The number of sulfonamides is 1. The van der Waals surface area contributed by atoms with Crippen molar-refractivity contribution in [3.05, 3.63) is 75.5 Å². The molecular weight excluding hydrogens is 560 g/mol. The number of nitrogens with zero attached hydrogens (tertiary/aromatic N) is 4. The summed E-state index contributed by atoms with van der Waals surface area (Å²) in [5, 5.41) is 3.71. The number of aromatic nitrogens is 4. The molecule has 13 heteroatoms. The van der Waals surface area contributed by atoms with Gasteiger partial charge in [-0.1, -0.05) is 11.6 Å². The average molecular weight is 585 g/mol. The largest absolute Gasteiger partial charge is 0.494 e. The topological polar surface area (TPSA) is 136 Å². The van der Waals surface area contributed by atoms with E-state index in [2.05, 4.69) is 30.0 Å². The van der Waals surface area contributed by atoms with Crippen molar-refractivity contribution in [2.45, 2.75) is 37.0 Å². The molecule has 0 saturated heterocycles. The zero-order valence-corrected chi connectivity index (χ0v) is 23.7. The Morgan fingerprint density at radius 1 is 1.13 bits per heavy atom. The maximum atomic E-state index is 13.4. The van der Waals surface area contributed by atoms with Gasteiger partial charge in [0, 0.05) is 45.7 Å². The predicted molar refractivity (Wildman–Crippen MR) is 149 cm³/mol.